The predicted molar refractivity (Wildman–Crippen MR) is 66.2 cm³/mol. The van der Waals surface area contributed by atoms with E-state index < -0.39 is 0 Å². The van der Waals surface area contributed by atoms with Gasteiger partial charge in [-0.15, -0.1) is 11.3 Å². The molecule has 2 aromatic rings. The lowest BCUT2D eigenvalue weighted by atomic mass is 10.1. The molecular formula is C11H12BrNOS. The highest BCUT2D eigenvalue weighted by atomic mass is 79.9. The van der Waals surface area contributed by atoms with Crippen LogP contribution >= 0.6 is 27.3 Å². The second kappa shape index (κ2) is 4.12. The number of rotatable bonds is 2. The molecule has 0 aliphatic carbocycles. The molecule has 0 fully saturated rings. The van der Waals surface area contributed by atoms with Crippen LogP contribution in [-0.2, 0) is 0 Å². The van der Waals surface area contributed by atoms with Crippen molar-refractivity contribution in [3.63, 3.8) is 0 Å². The Labute approximate surface area is 101 Å². The fourth-order valence-corrected chi connectivity index (χ4v) is 3.09. The lowest BCUT2D eigenvalue weighted by Crippen LogP contribution is -2.10. The molecule has 0 aromatic carbocycles. The SMILES string of the molecule is Cc1occc1C(N)c1cc(Br)c(C)s1. The maximum atomic E-state index is 6.17. The van der Waals surface area contributed by atoms with E-state index in [1.54, 1.807) is 17.6 Å². The van der Waals surface area contributed by atoms with Gasteiger partial charge in [0.1, 0.15) is 5.76 Å². The second-order valence-electron chi connectivity index (χ2n) is 3.46. The fraction of sp³-hybridized carbons (Fsp3) is 0.273. The van der Waals surface area contributed by atoms with E-state index >= 15 is 0 Å². The summed E-state index contributed by atoms with van der Waals surface area (Å²) in [4.78, 5) is 2.41. The molecule has 0 saturated carbocycles. The van der Waals surface area contributed by atoms with Crippen molar-refractivity contribution in [1.82, 2.24) is 0 Å². The van der Waals surface area contributed by atoms with Gasteiger partial charge < -0.3 is 10.2 Å². The molecule has 2 N–H and O–H groups in total. The highest BCUT2D eigenvalue weighted by Crippen LogP contribution is 2.33. The summed E-state index contributed by atoms with van der Waals surface area (Å²) < 4.78 is 6.38. The van der Waals surface area contributed by atoms with E-state index in [1.165, 1.54) is 4.88 Å². The number of nitrogens with two attached hydrogens (primary N) is 1. The van der Waals surface area contributed by atoms with Crippen molar-refractivity contribution in [3.05, 3.63) is 43.9 Å². The molecule has 0 aliphatic heterocycles. The smallest absolute Gasteiger partial charge is 0.105 e. The standard InChI is InChI=1S/C11H12BrNOS/c1-6-8(3-4-14-6)11(13)10-5-9(12)7(2)15-10/h3-5,11H,13H2,1-2H3. The number of thiophene rings is 1. The zero-order chi connectivity index (χ0) is 11.0. The van der Waals surface area contributed by atoms with Crippen molar-refractivity contribution in [2.24, 2.45) is 5.73 Å². The van der Waals surface area contributed by atoms with E-state index in [0.29, 0.717) is 0 Å². The zero-order valence-electron chi connectivity index (χ0n) is 8.58. The molecule has 0 amide bonds. The minimum absolute atomic E-state index is 0.0845. The summed E-state index contributed by atoms with van der Waals surface area (Å²) in [6.45, 7) is 4.01. The first-order chi connectivity index (χ1) is 7.09. The highest BCUT2D eigenvalue weighted by molar-refractivity contribution is 9.10. The summed E-state index contributed by atoms with van der Waals surface area (Å²) in [7, 11) is 0. The molecule has 0 spiro atoms. The van der Waals surface area contributed by atoms with Crippen molar-refractivity contribution in [3.8, 4) is 0 Å². The van der Waals surface area contributed by atoms with E-state index in [-0.39, 0.29) is 6.04 Å². The van der Waals surface area contributed by atoms with E-state index in [9.17, 15) is 0 Å². The number of halogens is 1. The number of hydrogen-bond donors (Lipinski definition) is 1. The first-order valence-corrected chi connectivity index (χ1v) is 6.26. The Hall–Kier alpha value is -0.580. The Morgan fingerprint density at radius 2 is 2.20 bits per heavy atom. The van der Waals surface area contributed by atoms with Crippen LogP contribution in [0.3, 0.4) is 0 Å². The van der Waals surface area contributed by atoms with E-state index in [1.807, 2.05) is 13.0 Å². The van der Waals surface area contributed by atoms with Crippen LogP contribution in [0.4, 0.5) is 0 Å². The van der Waals surface area contributed by atoms with Crippen LogP contribution in [-0.4, -0.2) is 0 Å². The summed E-state index contributed by atoms with van der Waals surface area (Å²) in [5, 5.41) is 0. The molecule has 15 heavy (non-hydrogen) atoms. The maximum Gasteiger partial charge on any atom is 0.105 e. The molecule has 2 nitrogen and oxygen atoms in total. The molecule has 0 bridgehead atoms. The summed E-state index contributed by atoms with van der Waals surface area (Å²) >= 11 is 5.21. The van der Waals surface area contributed by atoms with E-state index in [0.717, 1.165) is 20.7 Å². The lowest BCUT2D eigenvalue weighted by Gasteiger charge is -2.07. The Balaban J connectivity index is 2.36. The lowest BCUT2D eigenvalue weighted by molar-refractivity contribution is 0.528. The van der Waals surface area contributed by atoms with Crippen molar-refractivity contribution in [1.29, 1.82) is 0 Å². The van der Waals surface area contributed by atoms with Crippen LogP contribution in [0.1, 0.15) is 27.1 Å². The van der Waals surface area contributed by atoms with E-state index in [2.05, 4.69) is 28.9 Å². The second-order valence-corrected chi connectivity index (χ2v) is 5.60. The van der Waals surface area contributed by atoms with Crippen molar-refractivity contribution in [2.75, 3.05) is 0 Å². The van der Waals surface area contributed by atoms with Gasteiger partial charge >= 0.3 is 0 Å². The third kappa shape index (κ3) is 2.02. The third-order valence-electron chi connectivity index (χ3n) is 2.42. The van der Waals surface area contributed by atoms with Crippen molar-refractivity contribution >= 4 is 27.3 Å². The van der Waals surface area contributed by atoms with Gasteiger partial charge in [0.2, 0.25) is 0 Å². The highest BCUT2D eigenvalue weighted by Gasteiger charge is 2.16. The predicted octanol–water partition coefficient (Wildman–Crippen LogP) is 3.77. The van der Waals surface area contributed by atoms with Gasteiger partial charge in [0, 0.05) is 19.8 Å². The quantitative estimate of drug-likeness (QED) is 0.912. The molecule has 4 heteroatoms. The monoisotopic (exact) mass is 285 g/mol. The van der Waals surface area contributed by atoms with Gasteiger partial charge in [-0.1, -0.05) is 0 Å². The van der Waals surface area contributed by atoms with Gasteiger partial charge in [0.15, 0.2) is 0 Å². The molecule has 80 valence electrons. The van der Waals surface area contributed by atoms with Crippen molar-refractivity contribution in [2.45, 2.75) is 19.9 Å². The Morgan fingerprint density at radius 1 is 1.47 bits per heavy atom. The Morgan fingerprint density at radius 3 is 2.67 bits per heavy atom. The van der Waals surface area contributed by atoms with Gasteiger partial charge in [-0.2, -0.15) is 0 Å². The van der Waals surface area contributed by atoms with Crippen LogP contribution in [0, 0.1) is 13.8 Å². The minimum Gasteiger partial charge on any atom is -0.469 e. The van der Waals surface area contributed by atoms with Gasteiger partial charge in [-0.25, -0.2) is 0 Å². The van der Waals surface area contributed by atoms with Gasteiger partial charge in [0.25, 0.3) is 0 Å². The largest absolute Gasteiger partial charge is 0.469 e. The van der Waals surface area contributed by atoms with Gasteiger partial charge in [-0.05, 0) is 41.9 Å². The number of aryl methyl sites for hydroxylation is 2. The molecule has 1 atom stereocenters. The van der Waals surface area contributed by atoms with Crippen LogP contribution < -0.4 is 5.73 Å². The molecular weight excluding hydrogens is 274 g/mol. The van der Waals surface area contributed by atoms with Crippen molar-refractivity contribution < 1.29 is 4.42 Å². The molecule has 1 unspecified atom stereocenters. The third-order valence-corrected chi connectivity index (χ3v) is 4.64. The van der Waals surface area contributed by atoms with Crippen LogP contribution in [0.25, 0.3) is 0 Å². The fourth-order valence-electron chi connectivity index (χ4n) is 1.51. The van der Waals surface area contributed by atoms with Crippen LogP contribution in [0.15, 0.2) is 27.3 Å². The van der Waals surface area contributed by atoms with Gasteiger partial charge in [0.05, 0.1) is 12.3 Å². The first-order valence-electron chi connectivity index (χ1n) is 4.65. The molecule has 2 aromatic heterocycles. The number of furan rings is 1. The summed E-state index contributed by atoms with van der Waals surface area (Å²) in [5.41, 5.74) is 7.23. The topological polar surface area (TPSA) is 39.2 Å². The molecule has 0 saturated heterocycles. The average molecular weight is 286 g/mol. The normalized spacial score (nSPS) is 13.1. The van der Waals surface area contributed by atoms with E-state index in [4.69, 9.17) is 10.2 Å². The summed E-state index contributed by atoms with van der Waals surface area (Å²) in [6.07, 6.45) is 1.68. The molecule has 0 aliphatic rings. The average Bonchev–Trinajstić information content (AvgIpc) is 2.74. The minimum atomic E-state index is -0.0845. The Kier molecular flexibility index (Phi) is 3.00. The maximum absolute atomic E-state index is 6.17. The first kappa shape index (κ1) is 10.9. The molecule has 2 rings (SSSR count). The van der Waals surface area contributed by atoms with Gasteiger partial charge in [-0.3, -0.25) is 0 Å². The van der Waals surface area contributed by atoms with Crippen LogP contribution in [0.5, 0.6) is 0 Å². The zero-order valence-corrected chi connectivity index (χ0v) is 11.0. The molecule has 2 heterocycles. The summed E-state index contributed by atoms with van der Waals surface area (Å²) in [5.74, 6) is 0.893. The Bertz CT molecular complexity index is 455. The molecule has 0 radical (unpaired) electrons. The number of hydrogen-bond acceptors (Lipinski definition) is 3. The summed E-state index contributed by atoms with van der Waals surface area (Å²) in [6, 6.07) is 3.93. The van der Waals surface area contributed by atoms with Crippen LogP contribution in [0.2, 0.25) is 0 Å².